The van der Waals surface area contributed by atoms with Crippen LogP contribution in [0.15, 0.2) is 29.3 Å². The van der Waals surface area contributed by atoms with Crippen molar-refractivity contribution in [1.29, 1.82) is 0 Å². The first-order valence-corrected chi connectivity index (χ1v) is 5.12. The van der Waals surface area contributed by atoms with E-state index in [-0.39, 0.29) is 0 Å². The van der Waals surface area contributed by atoms with Crippen molar-refractivity contribution in [3.8, 4) is 5.75 Å². The van der Waals surface area contributed by atoms with Crippen LogP contribution in [0.2, 0.25) is 0 Å². The minimum Gasteiger partial charge on any atom is -0.507 e. The van der Waals surface area contributed by atoms with Crippen LogP contribution in [0.4, 0.5) is 0 Å². The smallest absolute Gasteiger partial charge is 0.130 e. The predicted molar refractivity (Wildman–Crippen MR) is 66.8 cm³/mol. The summed E-state index contributed by atoms with van der Waals surface area (Å²) in [6, 6.07) is 5.80. The summed E-state index contributed by atoms with van der Waals surface area (Å²) >= 11 is 0. The summed E-state index contributed by atoms with van der Waals surface area (Å²) in [5.41, 5.74) is 4.12. The van der Waals surface area contributed by atoms with Crippen LogP contribution in [0.25, 0.3) is 12.2 Å². The fourth-order valence-corrected chi connectivity index (χ4v) is 1.43. The fourth-order valence-electron chi connectivity index (χ4n) is 1.43. The molecule has 15 heavy (non-hydrogen) atoms. The Bertz CT molecular complexity index is 367. The first-order valence-electron chi connectivity index (χ1n) is 5.12. The summed E-state index contributed by atoms with van der Waals surface area (Å²) in [7, 11) is 0. The number of phenols is 1. The van der Waals surface area contributed by atoms with Crippen LogP contribution in [0.5, 0.6) is 5.75 Å². The average molecular weight is 202 g/mol. The van der Waals surface area contributed by atoms with E-state index >= 15 is 0 Å². The van der Waals surface area contributed by atoms with E-state index in [1.165, 1.54) is 11.1 Å². The first kappa shape index (κ1) is 11.6. The molecule has 0 atom stereocenters. The molecule has 0 fully saturated rings. The molecule has 0 amide bonds. The van der Waals surface area contributed by atoms with Crippen LogP contribution >= 0.6 is 0 Å². The van der Waals surface area contributed by atoms with Gasteiger partial charge in [0, 0.05) is 11.1 Å². The SMILES string of the molecule is CC(C)=Cc1cccc(C=C(C)C)c1O. The molecule has 1 nitrogen and oxygen atoms in total. The molecule has 1 N–H and O–H groups in total. The molecule has 1 aromatic rings. The van der Waals surface area contributed by atoms with E-state index in [9.17, 15) is 5.11 Å². The second-order valence-corrected chi connectivity index (χ2v) is 4.23. The number of aromatic hydroxyl groups is 1. The van der Waals surface area contributed by atoms with E-state index < -0.39 is 0 Å². The van der Waals surface area contributed by atoms with Gasteiger partial charge in [-0.25, -0.2) is 0 Å². The molecule has 0 bridgehead atoms. The highest BCUT2D eigenvalue weighted by Crippen LogP contribution is 2.26. The summed E-state index contributed by atoms with van der Waals surface area (Å²) < 4.78 is 0. The Morgan fingerprint density at radius 2 is 1.33 bits per heavy atom. The third-order valence-corrected chi connectivity index (χ3v) is 1.99. The molecule has 0 heterocycles. The molecule has 1 aromatic carbocycles. The summed E-state index contributed by atoms with van der Waals surface area (Å²) in [5, 5.41) is 10.00. The summed E-state index contributed by atoms with van der Waals surface area (Å²) in [6.07, 6.45) is 3.97. The maximum atomic E-state index is 10.00. The largest absolute Gasteiger partial charge is 0.507 e. The Morgan fingerprint density at radius 1 is 0.933 bits per heavy atom. The van der Waals surface area contributed by atoms with Gasteiger partial charge in [-0.2, -0.15) is 0 Å². The van der Waals surface area contributed by atoms with Crippen LogP contribution in [0.3, 0.4) is 0 Å². The van der Waals surface area contributed by atoms with Crippen LogP contribution in [-0.4, -0.2) is 5.11 Å². The zero-order valence-electron chi connectivity index (χ0n) is 9.83. The van der Waals surface area contributed by atoms with Crippen LogP contribution in [0.1, 0.15) is 38.8 Å². The van der Waals surface area contributed by atoms with E-state index in [0.29, 0.717) is 5.75 Å². The number of rotatable bonds is 2. The van der Waals surface area contributed by atoms with Crippen LogP contribution in [0, 0.1) is 0 Å². The van der Waals surface area contributed by atoms with Crippen molar-refractivity contribution in [3.05, 3.63) is 40.5 Å². The first-order chi connectivity index (χ1) is 7.00. The zero-order valence-corrected chi connectivity index (χ0v) is 9.83. The topological polar surface area (TPSA) is 20.2 Å². The summed E-state index contributed by atoms with van der Waals surface area (Å²) in [6.45, 7) is 8.08. The van der Waals surface area contributed by atoms with Crippen molar-refractivity contribution in [1.82, 2.24) is 0 Å². The molecule has 0 aliphatic heterocycles. The van der Waals surface area contributed by atoms with Crippen molar-refractivity contribution >= 4 is 12.2 Å². The average Bonchev–Trinajstić information content (AvgIpc) is 2.10. The molecule has 1 heteroatoms. The van der Waals surface area contributed by atoms with Crippen molar-refractivity contribution in [2.75, 3.05) is 0 Å². The lowest BCUT2D eigenvalue weighted by atomic mass is 10.1. The van der Waals surface area contributed by atoms with E-state index in [4.69, 9.17) is 0 Å². The highest BCUT2D eigenvalue weighted by Gasteiger charge is 2.02. The van der Waals surface area contributed by atoms with Gasteiger partial charge in [0.1, 0.15) is 5.75 Å². The van der Waals surface area contributed by atoms with E-state index in [1.54, 1.807) is 0 Å². The Morgan fingerprint density at radius 3 is 1.67 bits per heavy atom. The second-order valence-electron chi connectivity index (χ2n) is 4.23. The zero-order chi connectivity index (χ0) is 11.4. The number of allylic oxidation sites excluding steroid dienone is 2. The van der Waals surface area contributed by atoms with Gasteiger partial charge in [0.2, 0.25) is 0 Å². The van der Waals surface area contributed by atoms with Crippen molar-refractivity contribution in [3.63, 3.8) is 0 Å². The van der Waals surface area contributed by atoms with Gasteiger partial charge in [-0.15, -0.1) is 0 Å². The molecule has 0 aliphatic rings. The Balaban J connectivity index is 3.23. The summed E-state index contributed by atoms with van der Waals surface area (Å²) in [4.78, 5) is 0. The van der Waals surface area contributed by atoms with Gasteiger partial charge in [-0.05, 0) is 27.7 Å². The van der Waals surface area contributed by atoms with Gasteiger partial charge in [0.25, 0.3) is 0 Å². The number of hydrogen-bond donors (Lipinski definition) is 1. The molecule has 0 aliphatic carbocycles. The highest BCUT2D eigenvalue weighted by atomic mass is 16.3. The van der Waals surface area contributed by atoms with E-state index in [2.05, 4.69) is 0 Å². The molecule has 0 spiro atoms. The van der Waals surface area contributed by atoms with Crippen molar-refractivity contribution in [2.24, 2.45) is 0 Å². The van der Waals surface area contributed by atoms with Crippen LogP contribution in [-0.2, 0) is 0 Å². The molecule has 80 valence electrons. The number of para-hydroxylation sites is 1. The predicted octanol–water partition coefficient (Wildman–Crippen LogP) is 4.24. The standard InChI is InChI=1S/C14H18O/c1-10(2)8-12-6-5-7-13(14(12)15)9-11(3)4/h5-9,15H,1-4H3. The second kappa shape index (κ2) is 4.83. The Labute approximate surface area is 91.8 Å². The summed E-state index contributed by atoms with van der Waals surface area (Å²) in [5.74, 6) is 0.361. The van der Waals surface area contributed by atoms with Crippen LogP contribution < -0.4 is 0 Å². The molecular weight excluding hydrogens is 184 g/mol. The minimum atomic E-state index is 0.361. The van der Waals surface area contributed by atoms with Crippen molar-refractivity contribution in [2.45, 2.75) is 27.7 Å². The maximum absolute atomic E-state index is 10.00. The molecular formula is C14H18O. The Hall–Kier alpha value is -1.50. The molecule has 0 saturated carbocycles. The third-order valence-electron chi connectivity index (χ3n) is 1.99. The van der Waals surface area contributed by atoms with Gasteiger partial charge >= 0.3 is 0 Å². The fraction of sp³-hybridized carbons (Fsp3) is 0.286. The van der Waals surface area contributed by atoms with E-state index in [1.807, 2.05) is 58.0 Å². The molecule has 1 rings (SSSR count). The van der Waals surface area contributed by atoms with Gasteiger partial charge in [-0.1, -0.05) is 41.5 Å². The van der Waals surface area contributed by atoms with Gasteiger partial charge in [0.05, 0.1) is 0 Å². The normalized spacial score (nSPS) is 9.60. The van der Waals surface area contributed by atoms with Crippen molar-refractivity contribution < 1.29 is 5.11 Å². The number of hydrogen-bond acceptors (Lipinski definition) is 1. The maximum Gasteiger partial charge on any atom is 0.130 e. The lowest BCUT2D eigenvalue weighted by Crippen LogP contribution is -1.81. The lowest BCUT2D eigenvalue weighted by Gasteiger charge is -2.04. The highest BCUT2D eigenvalue weighted by molar-refractivity contribution is 5.68. The quantitative estimate of drug-likeness (QED) is 0.760. The van der Waals surface area contributed by atoms with E-state index in [0.717, 1.165) is 11.1 Å². The van der Waals surface area contributed by atoms with Gasteiger partial charge in [-0.3, -0.25) is 0 Å². The lowest BCUT2D eigenvalue weighted by molar-refractivity contribution is 0.472. The number of benzene rings is 1. The Kier molecular flexibility index (Phi) is 3.73. The molecule has 0 radical (unpaired) electrons. The minimum absolute atomic E-state index is 0.361. The third kappa shape index (κ3) is 3.28. The molecule has 0 unspecified atom stereocenters. The van der Waals surface area contributed by atoms with Gasteiger partial charge < -0.3 is 5.11 Å². The molecule has 0 aromatic heterocycles. The molecule has 0 saturated heterocycles. The van der Waals surface area contributed by atoms with Gasteiger partial charge in [0.15, 0.2) is 0 Å². The monoisotopic (exact) mass is 202 g/mol. The number of phenolic OH excluding ortho intramolecular Hbond substituents is 1.